The molecule has 0 saturated heterocycles. The maximum atomic E-state index is 12.2. The fourth-order valence-electron chi connectivity index (χ4n) is 3.17. The minimum atomic E-state index is -0.581. The van der Waals surface area contributed by atoms with Crippen LogP contribution in [0.25, 0.3) is 0 Å². The van der Waals surface area contributed by atoms with E-state index in [2.05, 4.69) is 31.3 Å². The summed E-state index contributed by atoms with van der Waals surface area (Å²) >= 11 is 0. The molecule has 0 spiro atoms. The highest BCUT2D eigenvalue weighted by molar-refractivity contribution is 5.92. The number of ether oxygens (including phenoxy) is 3. The number of hydrogen-bond donors (Lipinski definition) is 1. The third-order valence-electron chi connectivity index (χ3n) is 4.61. The van der Waals surface area contributed by atoms with Crippen LogP contribution < -0.4 is 14.8 Å². The fourth-order valence-corrected chi connectivity index (χ4v) is 3.17. The van der Waals surface area contributed by atoms with Crippen LogP contribution in [0.2, 0.25) is 0 Å². The molecular formula is C23H27NO5. The first-order valence-electron chi connectivity index (χ1n) is 9.87. The molecule has 0 unspecified atom stereocenters. The molecule has 1 atom stereocenters. The van der Waals surface area contributed by atoms with Crippen molar-refractivity contribution in [3.63, 3.8) is 0 Å². The minimum absolute atomic E-state index is 0.177. The molecule has 1 aliphatic heterocycles. The van der Waals surface area contributed by atoms with E-state index in [1.165, 1.54) is 5.56 Å². The van der Waals surface area contributed by atoms with Crippen LogP contribution in [0.3, 0.4) is 0 Å². The lowest BCUT2D eigenvalue weighted by molar-refractivity contribution is -0.124. The van der Waals surface area contributed by atoms with Crippen molar-refractivity contribution in [1.82, 2.24) is 5.32 Å². The molecule has 3 rings (SSSR count). The van der Waals surface area contributed by atoms with Gasteiger partial charge in [-0.25, -0.2) is 4.79 Å². The summed E-state index contributed by atoms with van der Waals surface area (Å²) in [6, 6.07) is 12.8. The van der Waals surface area contributed by atoms with Gasteiger partial charge in [0.25, 0.3) is 5.91 Å². The largest absolute Gasteiger partial charge is 0.486 e. The van der Waals surface area contributed by atoms with Gasteiger partial charge < -0.3 is 19.5 Å². The molecule has 0 aromatic heterocycles. The topological polar surface area (TPSA) is 73.9 Å². The molecule has 1 heterocycles. The molecular weight excluding hydrogens is 370 g/mol. The van der Waals surface area contributed by atoms with Crippen molar-refractivity contribution in [1.29, 1.82) is 0 Å². The number of carbonyl (C=O) groups is 2. The molecule has 0 radical (unpaired) electrons. The van der Waals surface area contributed by atoms with Crippen molar-refractivity contribution in [2.75, 3.05) is 19.8 Å². The Balaban J connectivity index is 1.49. The van der Waals surface area contributed by atoms with E-state index in [1.54, 1.807) is 18.2 Å². The lowest BCUT2D eigenvalue weighted by atomic mass is 10.00. The highest BCUT2D eigenvalue weighted by Crippen LogP contribution is 2.30. The van der Waals surface area contributed by atoms with Gasteiger partial charge in [0.1, 0.15) is 13.2 Å². The van der Waals surface area contributed by atoms with Gasteiger partial charge in [-0.1, -0.05) is 38.1 Å². The zero-order chi connectivity index (χ0) is 20.8. The van der Waals surface area contributed by atoms with E-state index in [0.717, 1.165) is 12.0 Å². The quantitative estimate of drug-likeness (QED) is 0.722. The fraction of sp³-hybridized carbons (Fsp3) is 0.391. The van der Waals surface area contributed by atoms with Crippen LogP contribution in [0.5, 0.6) is 11.5 Å². The molecule has 2 aromatic carbocycles. The maximum absolute atomic E-state index is 12.2. The van der Waals surface area contributed by atoms with Crippen molar-refractivity contribution in [3.05, 3.63) is 59.2 Å². The van der Waals surface area contributed by atoms with E-state index in [1.807, 2.05) is 19.1 Å². The summed E-state index contributed by atoms with van der Waals surface area (Å²) in [6.07, 6.45) is 1.02. The lowest BCUT2D eigenvalue weighted by Crippen LogP contribution is -2.31. The highest BCUT2D eigenvalue weighted by Gasteiger charge is 2.17. The number of carbonyl (C=O) groups excluding carboxylic acids is 2. The smallest absolute Gasteiger partial charge is 0.338 e. The third kappa shape index (κ3) is 5.73. The van der Waals surface area contributed by atoms with Gasteiger partial charge in [-0.3, -0.25) is 4.79 Å². The highest BCUT2D eigenvalue weighted by atomic mass is 16.6. The summed E-state index contributed by atoms with van der Waals surface area (Å²) in [4.78, 5) is 24.4. The number of hydrogen-bond acceptors (Lipinski definition) is 5. The summed E-state index contributed by atoms with van der Waals surface area (Å²) < 4.78 is 16.0. The molecule has 1 N–H and O–H groups in total. The molecule has 0 fully saturated rings. The van der Waals surface area contributed by atoms with Crippen LogP contribution in [-0.2, 0) is 16.0 Å². The first-order valence-corrected chi connectivity index (χ1v) is 9.87. The van der Waals surface area contributed by atoms with Crippen LogP contribution in [-0.4, -0.2) is 31.7 Å². The van der Waals surface area contributed by atoms with Gasteiger partial charge in [-0.05, 0) is 48.6 Å². The predicted molar refractivity (Wildman–Crippen MR) is 109 cm³/mol. The van der Waals surface area contributed by atoms with E-state index in [4.69, 9.17) is 14.2 Å². The second-order valence-corrected chi connectivity index (χ2v) is 7.56. The van der Waals surface area contributed by atoms with Gasteiger partial charge in [0.2, 0.25) is 0 Å². The van der Waals surface area contributed by atoms with E-state index in [0.29, 0.717) is 36.2 Å². The number of esters is 1. The molecule has 154 valence electrons. The first-order chi connectivity index (χ1) is 13.9. The Bertz CT molecular complexity index is 860. The van der Waals surface area contributed by atoms with Crippen LogP contribution in [0.4, 0.5) is 0 Å². The Morgan fingerprint density at radius 2 is 1.69 bits per heavy atom. The van der Waals surface area contributed by atoms with Gasteiger partial charge in [-0.15, -0.1) is 0 Å². The van der Waals surface area contributed by atoms with Crippen molar-refractivity contribution < 1.29 is 23.8 Å². The van der Waals surface area contributed by atoms with E-state index in [9.17, 15) is 9.59 Å². The van der Waals surface area contributed by atoms with Crippen LogP contribution in [0.1, 0.15) is 48.3 Å². The maximum Gasteiger partial charge on any atom is 0.338 e. The number of rotatable bonds is 7. The van der Waals surface area contributed by atoms with Crippen molar-refractivity contribution in [2.45, 2.75) is 33.2 Å². The van der Waals surface area contributed by atoms with Crippen LogP contribution >= 0.6 is 0 Å². The summed E-state index contributed by atoms with van der Waals surface area (Å²) in [7, 11) is 0. The van der Waals surface area contributed by atoms with E-state index >= 15 is 0 Å². The second kappa shape index (κ2) is 9.45. The van der Waals surface area contributed by atoms with Crippen molar-refractivity contribution >= 4 is 11.9 Å². The van der Waals surface area contributed by atoms with Gasteiger partial charge in [0.15, 0.2) is 18.1 Å². The molecule has 6 nitrogen and oxygen atoms in total. The summed E-state index contributed by atoms with van der Waals surface area (Å²) in [5.41, 5.74) is 2.59. The first kappa shape index (κ1) is 20.7. The molecule has 1 amide bonds. The molecule has 0 bridgehead atoms. The van der Waals surface area contributed by atoms with E-state index in [-0.39, 0.29) is 18.6 Å². The summed E-state index contributed by atoms with van der Waals surface area (Å²) in [6.45, 7) is 6.84. The van der Waals surface area contributed by atoms with Gasteiger partial charge in [0.05, 0.1) is 11.6 Å². The molecule has 0 saturated carbocycles. The Morgan fingerprint density at radius 3 is 2.38 bits per heavy atom. The SMILES string of the molecule is CC(C)Cc1ccc([C@@H](C)NC(=O)COC(=O)c2ccc3c(c2)OCCO3)cc1. The zero-order valence-corrected chi connectivity index (χ0v) is 17.1. The lowest BCUT2D eigenvalue weighted by Gasteiger charge is -2.18. The molecule has 2 aromatic rings. The molecule has 29 heavy (non-hydrogen) atoms. The van der Waals surface area contributed by atoms with E-state index < -0.39 is 5.97 Å². The zero-order valence-electron chi connectivity index (χ0n) is 17.1. The van der Waals surface area contributed by atoms with Gasteiger partial charge in [0, 0.05) is 0 Å². The third-order valence-corrected chi connectivity index (χ3v) is 4.61. The standard InChI is InChI=1S/C23H27NO5/c1-15(2)12-17-4-6-18(7-5-17)16(3)24-22(25)14-29-23(26)19-8-9-20-21(13-19)28-11-10-27-20/h4-9,13,15-16H,10-12,14H2,1-3H3,(H,24,25)/t16-/m1/s1. The number of nitrogens with one attached hydrogen (secondary N) is 1. The summed E-state index contributed by atoms with van der Waals surface area (Å²) in [5.74, 6) is 0.766. The molecule has 6 heteroatoms. The number of amides is 1. The van der Waals surface area contributed by atoms with Crippen molar-refractivity contribution in [3.8, 4) is 11.5 Å². The number of fused-ring (bicyclic) bond motifs is 1. The second-order valence-electron chi connectivity index (χ2n) is 7.56. The summed E-state index contributed by atoms with van der Waals surface area (Å²) in [5, 5.41) is 2.85. The minimum Gasteiger partial charge on any atom is -0.486 e. The molecule has 1 aliphatic rings. The van der Waals surface area contributed by atoms with Crippen molar-refractivity contribution in [2.24, 2.45) is 5.92 Å². The van der Waals surface area contributed by atoms with Crippen LogP contribution in [0, 0.1) is 5.92 Å². The normalized spacial score (nSPS) is 13.7. The Hall–Kier alpha value is -3.02. The average molecular weight is 397 g/mol. The van der Waals surface area contributed by atoms with Gasteiger partial charge in [-0.2, -0.15) is 0 Å². The van der Waals surface area contributed by atoms with Gasteiger partial charge >= 0.3 is 5.97 Å². The Kier molecular flexibility index (Phi) is 6.75. The average Bonchev–Trinajstić information content (AvgIpc) is 2.71. The van der Waals surface area contributed by atoms with Crippen LogP contribution in [0.15, 0.2) is 42.5 Å². The monoisotopic (exact) mass is 397 g/mol. The Labute approximate surface area is 171 Å². The predicted octanol–water partition coefficient (Wildman–Crippen LogP) is 3.69. The number of benzene rings is 2. The molecule has 0 aliphatic carbocycles. The Morgan fingerprint density at radius 1 is 1.00 bits per heavy atom.